The van der Waals surface area contributed by atoms with Crippen LogP contribution in [0.5, 0.6) is 0 Å². The Morgan fingerprint density at radius 2 is 2.29 bits per heavy atom. The molecule has 0 saturated carbocycles. The minimum Gasteiger partial charge on any atom is -0.392 e. The maximum Gasteiger partial charge on any atom is 0.0631 e. The summed E-state index contributed by atoms with van der Waals surface area (Å²) in [5.41, 5.74) is 1.14. The third kappa shape index (κ3) is 2.30. The number of aromatic nitrogens is 1. The van der Waals surface area contributed by atoms with Crippen LogP contribution >= 0.6 is 0 Å². The van der Waals surface area contributed by atoms with Crippen molar-refractivity contribution >= 4 is 0 Å². The Bertz CT molecular complexity index is 270. The molecule has 0 radical (unpaired) electrons. The molecule has 1 aliphatic rings. The van der Waals surface area contributed by atoms with Gasteiger partial charge in [-0.15, -0.1) is 0 Å². The lowest BCUT2D eigenvalue weighted by Gasteiger charge is -2.15. The molecule has 2 atom stereocenters. The summed E-state index contributed by atoms with van der Waals surface area (Å²) >= 11 is 0. The summed E-state index contributed by atoms with van der Waals surface area (Å²) in [6.45, 7) is 1.49. The SMILES string of the molecule is OC(Cc1ccncc1)C1CCOC1. The summed E-state index contributed by atoms with van der Waals surface area (Å²) in [7, 11) is 0. The average Bonchev–Trinajstić information content (AvgIpc) is 2.72. The second-order valence-corrected chi connectivity index (χ2v) is 3.75. The molecule has 0 aliphatic carbocycles. The molecule has 2 rings (SSSR count). The first kappa shape index (κ1) is 9.62. The summed E-state index contributed by atoms with van der Waals surface area (Å²) in [6.07, 6.45) is 4.92. The molecule has 0 bridgehead atoms. The Kier molecular flexibility index (Phi) is 3.11. The fourth-order valence-electron chi connectivity index (χ4n) is 1.78. The van der Waals surface area contributed by atoms with E-state index in [9.17, 15) is 5.11 Å². The van der Waals surface area contributed by atoms with E-state index >= 15 is 0 Å². The van der Waals surface area contributed by atoms with Crippen LogP contribution in [-0.4, -0.2) is 29.4 Å². The summed E-state index contributed by atoms with van der Waals surface area (Å²) in [6, 6.07) is 3.89. The number of aliphatic hydroxyl groups is 1. The van der Waals surface area contributed by atoms with Gasteiger partial charge in [0.05, 0.1) is 12.7 Å². The third-order valence-corrected chi connectivity index (χ3v) is 2.70. The third-order valence-electron chi connectivity index (χ3n) is 2.70. The highest BCUT2D eigenvalue weighted by atomic mass is 16.5. The van der Waals surface area contributed by atoms with Gasteiger partial charge in [0, 0.05) is 24.9 Å². The topological polar surface area (TPSA) is 42.4 Å². The first-order chi connectivity index (χ1) is 6.86. The molecule has 1 aliphatic heterocycles. The maximum atomic E-state index is 9.90. The largest absolute Gasteiger partial charge is 0.392 e. The standard InChI is InChI=1S/C11H15NO2/c13-11(10-3-6-14-8-10)7-9-1-4-12-5-2-9/h1-2,4-5,10-11,13H,3,6-8H2. The Balaban J connectivity index is 1.90. The number of nitrogens with zero attached hydrogens (tertiary/aromatic N) is 1. The van der Waals surface area contributed by atoms with Gasteiger partial charge >= 0.3 is 0 Å². The van der Waals surface area contributed by atoms with Crippen LogP contribution in [0.1, 0.15) is 12.0 Å². The number of aliphatic hydroxyl groups excluding tert-OH is 1. The van der Waals surface area contributed by atoms with Crippen LogP contribution in [0.4, 0.5) is 0 Å². The molecule has 1 fully saturated rings. The highest BCUT2D eigenvalue weighted by Crippen LogP contribution is 2.19. The van der Waals surface area contributed by atoms with E-state index in [1.54, 1.807) is 12.4 Å². The van der Waals surface area contributed by atoms with Gasteiger partial charge in [-0.05, 0) is 30.5 Å². The Morgan fingerprint density at radius 1 is 1.50 bits per heavy atom. The summed E-state index contributed by atoms with van der Waals surface area (Å²) in [4.78, 5) is 3.94. The predicted molar refractivity (Wildman–Crippen MR) is 52.9 cm³/mol. The molecule has 14 heavy (non-hydrogen) atoms. The minimum absolute atomic E-state index is 0.278. The highest BCUT2D eigenvalue weighted by Gasteiger charge is 2.23. The maximum absolute atomic E-state index is 9.90. The van der Waals surface area contributed by atoms with Gasteiger partial charge in [-0.2, -0.15) is 0 Å². The van der Waals surface area contributed by atoms with Crippen molar-refractivity contribution < 1.29 is 9.84 Å². The van der Waals surface area contributed by atoms with Crippen LogP contribution in [0.15, 0.2) is 24.5 Å². The van der Waals surface area contributed by atoms with Gasteiger partial charge in [-0.3, -0.25) is 4.98 Å². The van der Waals surface area contributed by atoms with E-state index in [-0.39, 0.29) is 6.10 Å². The summed E-state index contributed by atoms with van der Waals surface area (Å²) in [5, 5.41) is 9.90. The number of ether oxygens (including phenoxy) is 1. The molecule has 1 N–H and O–H groups in total. The fraction of sp³-hybridized carbons (Fsp3) is 0.545. The van der Waals surface area contributed by atoms with Crippen LogP contribution in [-0.2, 0) is 11.2 Å². The van der Waals surface area contributed by atoms with E-state index in [4.69, 9.17) is 4.74 Å². The fourth-order valence-corrected chi connectivity index (χ4v) is 1.78. The van der Waals surface area contributed by atoms with Crippen molar-refractivity contribution in [1.29, 1.82) is 0 Å². The van der Waals surface area contributed by atoms with Crippen molar-refractivity contribution in [1.82, 2.24) is 4.98 Å². The number of hydrogen-bond acceptors (Lipinski definition) is 3. The van der Waals surface area contributed by atoms with E-state index in [0.717, 1.165) is 18.6 Å². The second-order valence-electron chi connectivity index (χ2n) is 3.75. The number of hydrogen-bond donors (Lipinski definition) is 1. The molecule has 76 valence electrons. The monoisotopic (exact) mass is 193 g/mol. The van der Waals surface area contributed by atoms with Crippen molar-refractivity contribution in [2.24, 2.45) is 5.92 Å². The first-order valence-corrected chi connectivity index (χ1v) is 5.01. The molecule has 1 saturated heterocycles. The zero-order valence-electron chi connectivity index (χ0n) is 8.10. The number of rotatable bonds is 3. The van der Waals surface area contributed by atoms with Crippen molar-refractivity contribution in [2.75, 3.05) is 13.2 Å². The Labute approximate surface area is 83.7 Å². The molecule has 0 amide bonds. The Hall–Kier alpha value is -0.930. The van der Waals surface area contributed by atoms with Gasteiger partial charge in [0.1, 0.15) is 0 Å². The van der Waals surface area contributed by atoms with Gasteiger partial charge in [-0.1, -0.05) is 0 Å². The molecule has 1 aromatic rings. The molecular weight excluding hydrogens is 178 g/mol. The lowest BCUT2D eigenvalue weighted by Crippen LogP contribution is -2.22. The van der Waals surface area contributed by atoms with Crippen LogP contribution in [0.25, 0.3) is 0 Å². The minimum atomic E-state index is -0.278. The summed E-state index contributed by atoms with van der Waals surface area (Å²) < 4.78 is 5.24. The molecule has 2 heterocycles. The normalized spacial score (nSPS) is 23.6. The zero-order chi connectivity index (χ0) is 9.80. The molecule has 2 unspecified atom stereocenters. The van der Waals surface area contributed by atoms with Crippen LogP contribution in [0.3, 0.4) is 0 Å². The lowest BCUT2D eigenvalue weighted by atomic mass is 9.96. The molecule has 0 spiro atoms. The van der Waals surface area contributed by atoms with Crippen LogP contribution in [0, 0.1) is 5.92 Å². The van der Waals surface area contributed by atoms with E-state index in [1.165, 1.54) is 0 Å². The van der Waals surface area contributed by atoms with Crippen molar-refractivity contribution in [3.05, 3.63) is 30.1 Å². The van der Waals surface area contributed by atoms with Gasteiger partial charge in [-0.25, -0.2) is 0 Å². The average molecular weight is 193 g/mol. The second kappa shape index (κ2) is 4.53. The van der Waals surface area contributed by atoms with Gasteiger partial charge in [0.25, 0.3) is 0 Å². The first-order valence-electron chi connectivity index (χ1n) is 5.01. The zero-order valence-corrected chi connectivity index (χ0v) is 8.10. The van der Waals surface area contributed by atoms with Crippen molar-refractivity contribution in [3.63, 3.8) is 0 Å². The molecule has 3 heteroatoms. The van der Waals surface area contributed by atoms with Gasteiger partial charge in [0.15, 0.2) is 0 Å². The lowest BCUT2D eigenvalue weighted by molar-refractivity contribution is 0.0918. The van der Waals surface area contributed by atoms with Crippen molar-refractivity contribution in [3.8, 4) is 0 Å². The van der Waals surface area contributed by atoms with Crippen LogP contribution < -0.4 is 0 Å². The molecule has 3 nitrogen and oxygen atoms in total. The van der Waals surface area contributed by atoms with E-state index < -0.39 is 0 Å². The van der Waals surface area contributed by atoms with Crippen molar-refractivity contribution in [2.45, 2.75) is 18.9 Å². The smallest absolute Gasteiger partial charge is 0.0631 e. The quantitative estimate of drug-likeness (QED) is 0.779. The molecule has 0 aromatic carbocycles. The summed E-state index contributed by atoms with van der Waals surface area (Å²) in [5.74, 6) is 0.308. The van der Waals surface area contributed by atoms with Crippen LogP contribution in [0.2, 0.25) is 0 Å². The van der Waals surface area contributed by atoms with Gasteiger partial charge in [0.2, 0.25) is 0 Å². The predicted octanol–water partition coefficient (Wildman–Crippen LogP) is 1.02. The van der Waals surface area contributed by atoms with Gasteiger partial charge < -0.3 is 9.84 Å². The van der Waals surface area contributed by atoms with E-state index in [2.05, 4.69) is 4.98 Å². The van der Waals surface area contributed by atoms with E-state index in [0.29, 0.717) is 18.9 Å². The Morgan fingerprint density at radius 3 is 2.93 bits per heavy atom. The van der Waals surface area contributed by atoms with E-state index in [1.807, 2.05) is 12.1 Å². The molecular formula is C11H15NO2. The highest BCUT2D eigenvalue weighted by molar-refractivity contribution is 5.11. The number of pyridine rings is 1. The molecule has 1 aromatic heterocycles.